The number of aromatic nitrogens is 2. The Morgan fingerprint density at radius 1 is 0.345 bits per heavy atom. The van der Waals surface area contributed by atoms with Gasteiger partial charge in [0.05, 0.1) is 33.4 Å². The normalized spacial score (nSPS) is 13.1. The minimum Gasteiger partial charge on any atom is -0.458 e. The molecule has 0 bridgehead atoms. The maximum atomic E-state index is 6.70. The zero-order valence-electron chi connectivity index (χ0n) is 31.6. The third-order valence-corrected chi connectivity index (χ3v) is 17.1. The van der Waals surface area contributed by atoms with Crippen LogP contribution in [0.4, 0.5) is 0 Å². The Labute approximate surface area is 337 Å². The molecule has 4 heteroatoms. The van der Waals surface area contributed by atoms with Gasteiger partial charge in [0.15, 0.2) is 8.07 Å². The molecule has 2 aromatic heterocycles. The molecule has 0 unspecified atom stereocenters. The lowest BCUT2D eigenvalue weighted by molar-refractivity contribution is 0.487. The Morgan fingerprint density at radius 2 is 0.879 bits per heavy atom. The van der Waals surface area contributed by atoms with Crippen molar-refractivity contribution in [2.45, 2.75) is 0 Å². The first kappa shape index (κ1) is 32.8. The van der Waals surface area contributed by atoms with Crippen molar-refractivity contribution in [2.24, 2.45) is 0 Å². The van der Waals surface area contributed by atoms with E-state index in [4.69, 9.17) is 4.74 Å². The van der Waals surface area contributed by atoms with Gasteiger partial charge >= 0.3 is 0 Å². The van der Waals surface area contributed by atoms with E-state index in [0.717, 1.165) is 22.9 Å². The number of rotatable bonds is 5. The molecule has 12 rings (SSSR count). The lowest BCUT2D eigenvalue weighted by Crippen LogP contribution is -2.76. The number of nitrogens with zero attached hydrogens (tertiary/aromatic N) is 2. The summed E-state index contributed by atoms with van der Waals surface area (Å²) in [5.74, 6) is 1.87. The molecule has 58 heavy (non-hydrogen) atoms. The van der Waals surface area contributed by atoms with Gasteiger partial charge in [-0.15, -0.1) is 0 Å². The quantitative estimate of drug-likeness (QED) is 0.160. The number of benzene rings is 9. The molecule has 0 saturated heterocycles. The minimum absolute atomic E-state index is 0.934. The van der Waals surface area contributed by atoms with Crippen LogP contribution in [-0.4, -0.2) is 17.2 Å². The Kier molecular flexibility index (Phi) is 7.25. The van der Waals surface area contributed by atoms with E-state index in [1.165, 1.54) is 75.5 Å². The molecule has 0 spiro atoms. The van der Waals surface area contributed by atoms with Crippen molar-refractivity contribution in [3.8, 4) is 34.0 Å². The molecule has 3 heterocycles. The summed E-state index contributed by atoms with van der Waals surface area (Å²) in [7, 11) is -2.90. The van der Waals surface area contributed by atoms with E-state index in [1.54, 1.807) is 0 Å². The van der Waals surface area contributed by atoms with E-state index in [-0.39, 0.29) is 0 Å². The van der Waals surface area contributed by atoms with E-state index in [9.17, 15) is 0 Å². The van der Waals surface area contributed by atoms with E-state index >= 15 is 0 Å². The van der Waals surface area contributed by atoms with Gasteiger partial charge in [-0.2, -0.15) is 0 Å². The maximum Gasteiger partial charge on any atom is 0.188 e. The molecule has 3 nitrogen and oxygen atoms in total. The standard InChI is InChI=1S/C54H36N2OSi/c1-3-18-37(19-4-1)40-22-7-10-26-45(40)56-47-28-12-9-24-42(47)44-25-17-29-48(54(44)56)55-46-27-11-8-23-41(46)43-35-34-39(36-49(43)55)58(38-20-5-2-6-21-38)52-32-15-13-30-50(52)57-51-31-14-16-33-53(51)58/h1-36H. The zero-order chi connectivity index (χ0) is 38.2. The molecule has 1 aliphatic heterocycles. The molecule has 0 fully saturated rings. The van der Waals surface area contributed by atoms with E-state index < -0.39 is 8.07 Å². The Hall–Kier alpha value is -7.40. The molecule has 11 aromatic rings. The van der Waals surface area contributed by atoms with Gasteiger partial charge in [0.2, 0.25) is 0 Å². The molecule has 272 valence electrons. The number of hydrogen-bond donors (Lipinski definition) is 0. The van der Waals surface area contributed by atoms with Crippen LogP contribution >= 0.6 is 0 Å². The second-order valence-corrected chi connectivity index (χ2v) is 18.9. The van der Waals surface area contributed by atoms with Crippen LogP contribution < -0.4 is 25.5 Å². The van der Waals surface area contributed by atoms with Gasteiger partial charge in [-0.05, 0) is 68.8 Å². The lowest BCUT2D eigenvalue weighted by atomic mass is 10.0. The highest BCUT2D eigenvalue weighted by Gasteiger charge is 2.48. The van der Waals surface area contributed by atoms with Crippen LogP contribution in [0.15, 0.2) is 218 Å². The van der Waals surface area contributed by atoms with Crippen molar-refractivity contribution in [1.82, 2.24) is 9.13 Å². The molecule has 0 N–H and O–H groups in total. The fourth-order valence-electron chi connectivity index (χ4n) is 9.90. The highest BCUT2D eigenvalue weighted by Crippen LogP contribution is 2.41. The van der Waals surface area contributed by atoms with Crippen molar-refractivity contribution in [3.05, 3.63) is 218 Å². The first-order valence-corrected chi connectivity index (χ1v) is 21.9. The fourth-order valence-corrected chi connectivity index (χ4v) is 14.8. The largest absolute Gasteiger partial charge is 0.458 e. The van der Waals surface area contributed by atoms with Gasteiger partial charge in [-0.3, -0.25) is 0 Å². The highest BCUT2D eigenvalue weighted by atomic mass is 28.3. The van der Waals surface area contributed by atoms with Crippen molar-refractivity contribution >= 4 is 72.4 Å². The van der Waals surface area contributed by atoms with Crippen LogP contribution in [0, 0.1) is 0 Å². The summed E-state index contributed by atoms with van der Waals surface area (Å²) in [6, 6.07) is 80.0. The summed E-state index contributed by atoms with van der Waals surface area (Å²) in [5.41, 5.74) is 9.40. The van der Waals surface area contributed by atoms with E-state index in [0.29, 0.717) is 0 Å². The molecular weight excluding hydrogens is 721 g/mol. The Balaban J connectivity index is 1.22. The van der Waals surface area contributed by atoms with Crippen molar-refractivity contribution < 1.29 is 4.74 Å². The summed E-state index contributed by atoms with van der Waals surface area (Å²) in [6.07, 6.45) is 0. The summed E-state index contributed by atoms with van der Waals surface area (Å²) in [5, 5.41) is 10.1. The predicted octanol–water partition coefficient (Wildman–Crippen LogP) is 11.0. The van der Waals surface area contributed by atoms with Gasteiger partial charge in [-0.25, -0.2) is 0 Å². The van der Waals surface area contributed by atoms with Crippen LogP contribution in [0.5, 0.6) is 11.5 Å². The number of ether oxygens (including phenoxy) is 1. The molecule has 0 radical (unpaired) electrons. The summed E-state index contributed by atoms with van der Waals surface area (Å²) in [6.45, 7) is 0. The topological polar surface area (TPSA) is 19.1 Å². The number of hydrogen-bond acceptors (Lipinski definition) is 1. The Bertz CT molecular complexity index is 3330. The van der Waals surface area contributed by atoms with Crippen LogP contribution in [0.3, 0.4) is 0 Å². The second kappa shape index (κ2) is 12.8. The molecule has 1 aliphatic rings. The smallest absolute Gasteiger partial charge is 0.188 e. The van der Waals surface area contributed by atoms with Gasteiger partial charge < -0.3 is 13.9 Å². The third kappa shape index (κ3) is 4.61. The Morgan fingerprint density at radius 3 is 1.62 bits per heavy atom. The average Bonchev–Trinajstić information content (AvgIpc) is 3.81. The van der Waals surface area contributed by atoms with Crippen LogP contribution in [0.1, 0.15) is 0 Å². The summed E-state index contributed by atoms with van der Waals surface area (Å²) >= 11 is 0. The fraction of sp³-hybridized carbons (Fsp3) is 0. The van der Waals surface area contributed by atoms with Gasteiger partial charge in [0, 0.05) is 27.1 Å². The molecular formula is C54H36N2OSi. The minimum atomic E-state index is -2.90. The van der Waals surface area contributed by atoms with Crippen molar-refractivity contribution in [3.63, 3.8) is 0 Å². The molecule has 0 amide bonds. The first-order valence-electron chi connectivity index (χ1n) is 19.9. The predicted molar refractivity (Wildman–Crippen MR) is 244 cm³/mol. The summed E-state index contributed by atoms with van der Waals surface area (Å²) < 4.78 is 11.7. The second-order valence-electron chi connectivity index (χ2n) is 15.2. The third-order valence-electron chi connectivity index (χ3n) is 12.3. The molecule has 9 aromatic carbocycles. The summed E-state index contributed by atoms with van der Waals surface area (Å²) in [4.78, 5) is 0. The number of fused-ring (bicyclic) bond motifs is 8. The van der Waals surface area contributed by atoms with Crippen LogP contribution in [-0.2, 0) is 0 Å². The first-order chi connectivity index (χ1) is 28.8. The van der Waals surface area contributed by atoms with Gasteiger partial charge in [-0.1, -0.05) is 176 Å². The van der Waals surface area contributed by atoms with Crippen molar-refractivity contribution in [1.29, 1.82) is 0 Å². The SMILES string of the molecule is c1ccc(-c2ccccc2-n2c3ccccc3c3cccc(-n4c5ccccc5c5ccc([Si]6(c7ccccc7)c7ccccc7Oc7ccccc76)cc54)c32)cc1. The van der Waals surface area contributed by atoms with Crippen LogP contribution in [0.25, 0.3) is 66.1 Å². The van der Waals surface area contributed by atoms with Gasteiger partial charge in [0.25, 0.3) is 0 Å². The van der Waals surface area contributed by atoms with E-state index in [2.05, 4.69) is 228 Å². The molecule has 0 atom stereocenters. The number of para-hydroxylation sites is 6. The van der Waals surface area contributed by atoms with Crippen LogP contribution in [0.2, 0.25) is 0 Å². The zero-order valence-corrected chi connectivity index (χ0v) is 32.6. The highest BCUT2D eigenvalue weighted by molar-refractivity contribution is 7.20. The maximum absolute atomic E-state index is 6.70. The lowest BCUT2D eigenvalue weighted by Gasteiger charge is -2.39. The van der Waals surface area contributed by atoms with Gasteiger partial charge in [0.1, 0.15) is 11.5 Å². The molecule has 0 aliphatic carbocycles. The monoisotopic (exact) mass is 756 g/mol. The molecule has 0 saturated carbocycles. The van der Waals surface area contributed by atoms with E-state index in [1.807, 2.05) is 0 Å². The average molecular weight is 757 g/mol. The van der Waals surface area contributed by atoms with Crippen molar-refractivity contribution in [2.75, 3.05) is 0 Å².